The van der Waals surface area contributed by atoms with E-state index in [0.717, 1.165) is 12.0 Å². The van der Waals surface area contributed by atoms with Crippen LogP contribution in [-0.4, -0.2) is 53.3 Å². The second kappa shape index (κ2) is 8.47. The van der Waals surface area contributed by atoms with Crippen LogP contribution >= 0.6 is 0 Å². The van der Waals surface area contributed by atoms with Crippen molar-refractivity contribution in [1.29, 1.82) is 0 Å². The number of aryl methyl sites for hydroxylation is 1. The van der Waals surface area contributed by atoms with Crippen molar-refractivity contribution in [3.8, 4) is 0 Å². The number of imide groups is 1. The molecule has 0 spiro atoms. The molecular weight excluding hydrogens is 366 g/mol. The Bertz CT molecular complexity index is 877. The van der Waals surface area contributed by atoms with Gasteiger partial charge in [-0.25, -0.2) is 9.69 Å². The standard InChI is InChI=1S/C23H25N3O3/c27-21(12-11-18-7-3-1-4-8-18)24-15-13-19(14-16-24)25-17-22(28)26(23(25)29)20-9-5-2-6-10-20/h1-10,19H,11-17H2. The molecular formula is C23H25N3O3. The van der Waals surface area contributed by atoms with Gasteiger partial charge in [0, 0.05) is 25.6 Å². The van der Waals surface area contributed by atoms with E-state index in [4.69, 9.17) is 0 Å². The molecule has 2 aromatic carbocycles. The van der Waals surface area contributed by atoms with Gasteiger partial charge in [-0.15, -0.1) is 0 Å². The number of piperidine rings is 1. The molecule has 6 nitrogen and oxygen atoms in total. The van der Waals surface area contributed by atoms with Gasteiger partial charge < -0.3 is 9.80 Å². The summed E-state index contributed by atoms with van der Waals surface area (Å²) < 4.78 is 0. The number of carbonyl (C=O) groups excluding carboxylic acids is 3. The lowest BCUT2D eigenvalue weighted by atomic mass is 10.0. The number of likely N-dealkylation sites (tertiary alicyclic amines) is 1. The largest absolute Gasteiger partial charge is 0.343 e. The number of carbonyl (C=O) groups is 3. The number of hydrogen-bond donors (Lipinski definition) is 0. The lowest BCUT2D eigenvalue weighted by molar-refractivity contribution is -0.132. The Hall–Kier alpha value is -3.15. The van der Waals surface area contributed by atoms with Crippen molar-refractivity contribution in [3.63, 3.8) is 0 Å². The van der Waals surface area contributed by atoms with Crippen LogP contribution in [0.5, 0.6) is 0 Å². The molecule has 0 radical (unpaired) electrons. The molecule has 150 valence electrons. The minimum absolute atomic E-state index is 0.00154. The van der Waals surface area contributed by atoms with E-state index in [1.165, 1.54) is 4.90 Å². The van der Waals surface area contributed by atoms with Crippen molar-refractivity contribution in [2.24, 2.45) is 0 Å². The number of amides is 4. The lowest BCUT2D eigenvalue weighted by Crippen LogP contribution is -2.48. The Morgan fingerprint density at radius 1 is 0.897 bits per heavy atom. The summed E-state index contributed by atoms with van der Waals surface area (Å²) in [6.45, 7) is 1.36. The maximum atomic E-state index is 12.8. The normalized spacial score (nSPS) is 17.9. The van der Waals surface area contributed by atoms with E-state index in [1.807, 2.05) is 53.4 Å². The maximum Gasteiger partial charge on any atom is 0.332 e. The molecule has 4 amide bonds. The van der Waals surface area contributed by atoms with Gasteiger partial charge in [-0.3, -0.25) is 9.59 Å². The summed E-state index contributed by atoms with van der Waals surface area (Å²) in [6.07, 6.45) is 2.65. The van der Waals surface area contributed by atoms with E-state index in [2.05, 4.69) is 0 Å². The summed E-state index contributed by atoms with van der Waals surface area (Å²) in [5, 5.41) is 0. The number of para-hydroxylation sites is 1. The van der Waals surface area contributed by atoms with Gasteiger partial charge in [0.05, 0.1) is 5.69 Å². The van der Waals surface area contributed by atoms with Gasteiger partial charge in [0.1, 0.15) is 6.54 Å². The highest BCUT2D eigenvalue weighted by atomic mass is 16.2. The molecule has 0 atom stereocenters. The van der Waals surface area contributed by atoms with E-state index in [-0.39, 0.29) is 30.4 Å². The molecule has 0 unspecified atom stereocenters. The van der Waals surface area contributed by atoms with Crippen molar-refractivity contribution in [2.45, 2.75) is 31.7 Å². The molecule has 2 aromatic rings. The number of hydrogen-bond acceptors (Lipinski definition) is 3. The lowest BCUT2D eigenvalue weighted by Gasteiger charge is -2.36. The van der Waals surface area contributed by atoms with Crippen LogP contribution < -0.4 is 4.90 Å². The van der Waals surface area contributed by atoms with Crippen LogP contribution in [0.2, 0.25) is 0 Å². The summed E-state index contributed by atoms with van der Waals surface area (Å²) >= 11 is 0. The van der Waals surface area contributed by atoms with E-state index < -0.39 is 0 Å². The highest BCUT2D eigenvalue weighted by molar-refractivity contribution is 6.19. The Morgan fingerprint density at radius 2 is 1.52 bits per heavy atom. The monoisotopic (exact) mass is 391 g/mol. The van der Waals surface area contributed by atoms with Gasteiger partial charge in [-0.1, -0.05) is 48.5 Å². The van der Waals surface area contributed by atoms with Gasteiger partial charge in [0.25, 0.3) is 5.91 Å². The second-order valence-corrected chi connectivity index (χ2v) is 7.57. The Labute approximate surface area is 170 Å². The van der Waals surface area contributed by atoms with Crippen molar-refractivity contribution >= 4 is 23.5 Å². The molecule has 2 fully saturated rings. The van der Waals surface area contributed by atoms with E-state index in [0.29, 0.717) is 38.0 Å². The molecule has 6 heteroatoms. The van der Waals surface area contributed by atoms with Crippen LogP contribution in [0.3, 0.4) is 0 Å². The molecule has 0 aliphatic carbocycles. The van der Waals surface area contributed by atoms with Gasteiger partial charge in [-0.05, 0) is 37.0 Å². The van der Waals surface area contributed by atoms with E-state index in [1.54, 1.807) is 17.0 Å². The zero-order valence-corrected chi connectivity index (χ0v) is 16.4. The first kappa shape index (κ1) is 19.2. The third-order valence-corrected chi connectivity index (χ3v) is 5.73. The minimum Gasteiger partial charge on any atom is -0.343 e. The topological polar surface area (TPSA) is 60.9 Å². The van der Waals surface area contributed by atoms with Crippen molar-refractivity contribution < 1.29 is 14.4 Å². The van der Waals surface area contributed by atoms with Crippen molar-refractivity contribution in [3.05, 3.63) is 66.2 Å². The fourth-order valence-electron chi connectivity index (χ4n) is 4.12. The van der Waals surface area contributed by atoms with E-state index >= 15 is 0 Å². The maximum absolute atomic E-state index is 12.8. The van der Waals surface area contributed by atoms with Crippen LogP contribution in [0.25, 0.3) is 0 Å². The van der Waals surface area contributed by atoms with Crippen LogP contribution in [0.1, 0.15) is 24.8 Å². The second-order valence-electron chi connectivity index (χ2n) is 7.57. The molecule has 0 aromatic heterocycles. The average Bonchev–Trinajstić information content (AvgIpc) is 3.07. The summed E-state index contributed by atoms with van der Waals surface area (Å²) in [6, 6.07) is 18.8. The first-order chi connectivity index (χ1) is 14.1. The van der Waals surface area contributed by atoms with Crippen LogP contribution in [0.4, 0.5) is 10.5 Å². The zero-order chi connectivity index (χ0) is 20.2. The van der Waals surface area contributed by atoms with Gasteiger partial charge in [0.2, 0.25) is 5.91 Å². The molecule has 2 heterocycles. The quantitative estimate of drug-likeness (QED) is 0.736. The number of urea groups is 1. The molecule has 0 N–H and O–H groups in total. The molecule has 0 saturated carbocycles. The molecule has 2 aliphatic rings. The van der Waals surface area contributed by atoms with Crippen LogP contribution in [-0.2, 0) is 16.0 Å². The Morgan fingerprint density at radius 3 is 2.17 bits per heavy atom. The predicted octanol–water partition coefficient (Wildman–Crippen LogP) is 3.08. The fraction of sp³-hybridized carbons (Fsp3) is 0.348. The van der Waals surface area contributed by atoms with Crippen LogP contribution in [0, 0.1) is 0 Å². The third kappa shape index (κ3) is 4.16. The van der Waals surface area contributed by atoms with Gasteiger partial charge in [-0.2, -0.15) is 0 Å². The Balaban J connectivity index is 1.31. The number of benzene rings is 2. The minimum atomic E-state index is -0.255. The first-order valence-corrected chi connectivity index (χ1v) is 10.1. The molecule has 29 heavy (non-hydrogen) atoms. The first-order valence-electron chi connectivity index (χ1n) is 10.1. The number of nitrogens with zero attached hydrogens (tertiary/aromatic N) is 3. The molecule has 0 bridgehead atoms. The van der Waals surface area contributed by atoms with E-state index in [9.17, 15) is 14.4 Å². The van der Waals surface area contributed by atoms with Gasteiger partial charge >= 0.3 is 6.03 Å². The SMILES string of the molecule is O=C(CCc1ccccc1)N1CCC(N2CC(=O)N(c3ccccc3)C2=O)CC1. The van der Waals surface area contributed by atoms with Crippen LogP contribution in [0.15, 0.2) is 60.7 Å². The Kier molecular flexibility index (Phi) is 5.60. The van der Waals surface area contributed by atoms with Crippen molar-refractivity contribution in [1.82, 2.24) is 9.80 Å². The highest BCUT2D eigenvalue weighted by Gasteiger charge is 2.41. The summed E-state index contributed by atoms with van der Waals surface area (Å²) in [7, 11) is 0. The summed E-state index contributed by atoms with van der Waals surface area (Å²) in [5.41, 5.74) is 1.77. The summed E-state index contributed by atoms with van der Waals surface area (Å²) in [5.74, 6) is -0.0374. The third-order valence-electron chi connectivity index (χ3n) is 5.73. The summed E-state index contributed by atoms with van der Waals surface area (Å²) in [4.78, 5) is 42.6. The molecule has 2 saturated heterocycles. The molecule has 4 rings (SSSR count). The molecule has 2 aliphatic heterocycles. The van der Waals surface area contributed by atoms with Crippen molar-refractivity contribution in [2.75, 3.05) is 24.5 Å². The highest BCUT2D eigenvalue weighted by Crippen LogP contribution is 2.26. The predicted molar refractivity (Wildman–Crippen MR) is 110 cm³/mol. The number of rotatable bonds is 5. The van der Waals surface area contributed by atoms with Gasteiger partial charge in [0.15, 0.2) is 0 Å². The average molecular weight is 391 g/mol. The number of anilines is 1. The smallest absolute Gasteiger partial charge is 0.332 e. The zero-order valence-electron chi connectivity index (χ0n) is 16.4. The fourth-order valence-corrected chi connectivity index (χ4v) is 4.12.